The van der Waals surface area contributed by atoms with Crippen LogP contribution in [0.2, 0.25) is 0 Å². The predicted molar refractivity (Wildman–Crippen MR) is 154 cm³/mol. The molecule has 10 nitrogen and oxygen atoms in total. The Bertz CT molecular complexity index is 1330. The van der Waals surface area contributed by atoms with E-state index in [4.69, 9.17) is 19.3 Å². The van der Waals surface area contributed by atoms with Crippen molar-refractivity contribution in [3.05, 3.63) is 108 Å². The first-order valence-corrected chi connectivity index (χ1v) is 14.3. The van der Waals surface area contributed by atoms with Crippen molar-refractivity contribution in [2.75, 3.05) is 20.8 Å². The van der Waals surface area contributed by atoms with Crippen molar-refractivity contribution in [1.82, 2.24) is 0 Å². The summed E-state index contributed by atoms with van der Waals surface area (Å²) in [4.78, 5) is 31.9. The largest absolute Gasteiger partial charge is 0.523 e. The van der Waals surface area contributed by atoms with E-state index in [1.807, 2.05) is 36.4 Å². The number of methoxy groups -OCH3 is 1. The molecule has 0 bridgehead atoms. The van der Waals surface area contributed by atoms with Crippen molar-refractivity contribution in [1.29, 1.82) is 0 Å². The summed E-state index contributed by atoms with van der Waals surface area (Å²) in [5, 5.41) is 7.00. The first-order chi connectivity index (χ1) is 21.4. The molecule has 0 aliphatic carbocycles. The van der Waals surface area contributed by atoms with Crippen LogP contribution in [0.3, 0.4) is 0 Å². The third-order valence-electron chi connectivity index (χ3n) is 5.54. The molecule has 4 rings (SSSR count). The van der Waals surface area contributed by atoms with Crippen LogP contribution in [0.5, 0.6) is 0 Å². The summed E-state index contributed by atoms with van der Waals surface area (Å²) in [6.07, 6.45) is -5.66. The molecule has 15 heteroatoms. The fraction of sp³-hybridized carbons (Fsp3) is 0.300. The van der Waals surface area contributed by atoms with Gasteiger partial charge in [-0.2, -0.15) is 21.6 Å². The Morgan fingerprint density at radius 3 is 1.71 bits per heavy atom. The smallest absolute Gasteiger partial charge is 0.459 e. The maximum Gasteiger partial charge on any atom is 0.523 e. The number of halogens is 4. The molecule has 3 aromatic rings. The van der Waals surface area contributed by atoms with Gasteiger partial charge >= 0.3 is 21.6 Å². The van der Waals surface area contributed by atoms with Gasteiger partial charge in [-0.3, -0.25) is 9.59 Å². The van der Waals surface area contributed by atoms with Crippen LogP contribution in [0.25, 0.3) is 0 Å². The summed E-state index contributed by atoms with van der Waals surface area (Å²) in [7, 11) is -3.87. The lowest BCUT2D eigenvalue weighted by molar-refractivity contribution is -0.221. The Hall–Kier alpha value is -4.02. The zero-order chi connectivity index (χ0) is 33.9. The number of alkyl halides is 4. The highest BCUT2D eigenvalue weighted by Gasteiger charge is 2.51. The summed E-state index contributed by atoms with van der Waals surface area (Å²) in [5.41, 5.74) is -4.04. The maximum absolute atomic E-state index is 14.3. The summed E-state index contributed by atoms with van der Waals surface area (Å²) in [5.74, 6) is -0.814. The van der Waals surface area contributed by atoms with Crippen LogP contribution in [0.1, 0.15) is 37.5 Å². The molecule has 0 spiro atoms. The average molecular weight is 661 g/mol. The normalized spacial score (nSPS) is 19.1. The van der Waals surface area contributed by atoms with E-state index in [2.05, 4.69) is 4.18 Å². The van der Waals surface area contributed by atoms with Gasteiger partial charge in [0.05, 0.1) is 11.7 Å². The van der Waals surface area contributed by atoms with Gasteiger partial charge in [0, 0.05) is 31.8 Å². The second-order valence-corrected chi connectivity index (χ2v) is 10.1. The van der Waals surface area contributed by atoms with Crippen molar-refractivity contribution in [3.63, 3.8) is 0 Å². The minimum absolute atomic E-state index is 0.166. The lowest BCUT2D eigenvalue weighted by Crippen LogP contribution is -2.50. The molecule has 4 atom stereocenters. The molecule has 1 saturated heterocycles. The summed E-state index contributed by atoms with van der Waals surface area (Å²) >= 11 is 0. The third kappa shape index (κ3) is 13.7. The number of carbonyl (C=O) groups is 3. The summed E-state index contributed by atoms with van der Waals surface area (Å²) < 4.78 is 92.5. The van der Waals surface area contributed by atoms with Gasteiger partial charge in [0.1, 0.15) is 25.3 Å². The van der Waals surface area contributed by atoms with Crippen molar-refractivity contribution in [2.45, 2.75) is 36.6 Å². The maximum atomic E-state index is 14.3. The Morgan fingerprint density at radius 2 is 1.33 bits per heavy atom. The Kier molecular flexibility index (Phi) is 17.4. The molecule has 0 radical (unpaired) electrons. The lowest BCUT2D eigenvalue weighted by Gasteiger charge is -2.36. The average Bonchev–Trinajstić information content (AvgIpc) is 3.06. The van der Waals surface area contributed by atoms with Crippen LogP contribution in [0, 0.1) is 0 Å². The van der Waals surface area contributed by atoms with Crippen molar-refractivity contribution in [3.8, 4) is 0 Å². The van der Waals surface area contributed by atoms with Gasteiger partial charge in [-0.05, 0) is 12.1 Å². The second-order valence-electron chi connectivity index (χ2n) is 8.58. The van der Waals surface area contributed by atoms with E-state index >= 15 is 0 Å². The number of hydrogen-bond acceptors (Lipinski definition) is 10. The Labute approximate surface area is 257 Å². The SMILES string of the molecule is CO.COC1C[C@@H](OS(=O)(=O)C(F)(F)F)OC(COC(=O)c2ccccc2)[C@H]1F.O=Cc1ccccc1.O=Cc1ccccc1. The fourth-order valence-corrected chi connectivity index (χ4v) is 3.89. The first-order valence-electron chi connectivity index (χ1n) is 12.9. The highest BCUT2D eigenvalue weighted by molar-refractivity contribution is 7.87. The van der Waals surface area contributed by atoms with Gasteiger partial charge < -0.3 is 19.3 Å². The molecular weight excluding hydrogens is 628 g/mol. The standard InChI is InChI=1S/C15H16F4O7S.2C7H6O.CH4O/c1-23-10-7-12(26-27(21,22)15(17,18)19)25-11(13(10)16)8-24-14(20)9-5-3-2-4-6-9;2*8-6-7-4-2-1-3-5-7;1-2/h2-6,10-13H,7-8H2,1H3;2*1-6H;2H,1H3/t10?,11?,12-,13+;;;/m1.../s1. The van der Waals surface area contributed by atoms with E-state index in [9.17, 15) is 40.4 Å². The van der Waals surface area contributed by atoms with Gasteiger partial charge in [-0.25, -0.2) is 13.4 Å². The number of rotatable bonds is 8. The molecule has 1 heterocycles. The summed E-state index contributed by atoms with van der Waals surface area (Å²) in [6.45, 7) is -0.680. The highest BCUT2D eigenvalue weighted by Crippen LogP contribution is 2.31. The zero-order valence-corrected chi connectivity index (χ0v) is 24.9. The molecule has 3 aromatic carbocycles. The van der Waals surface area contributed by atoms with E-state index in [-0.39, 0.29) is 5.56 Å². The van der Waals surface area contributed by atoms with Crippen LogP contribution in [-0.2, 0) is 28.5 Å². The van der Waals surface area contributed by atoms with E-state index in [0.717, 1.165) is 37.9 Å². The number of aldehydes is 2. The molecule has 1 aliphatic rings. The Balaban J connectivity index is 0.000000453. The van der Waals surface area contributed by atoms with Gasteiger partial charge in [-0.15, -0.1) is 0 Å². The summed E-state index contributed by atoms with van der Waals surface area (Å²) in [6, 6.07) is 25.9. The Morgan fingerprint density at radius 1 is 0.889 bits per heavy atom. The van der Waals surface area contributed by atoms with E-state index in [1.165, 1.54) is 12.1 Å². The quantitative estimate of drug-likeness (QED) is 0.118. The second kappa shape index (κ2) is 20.1. The number of ether oxygens (including phenoxy) is 3. The number of carbonyl (C=O) groups excluding carboxylic acids is 3. The molecular formula is C30H32F4O10S. The van der Waals surface area contributed by atoms with Gasteiger partial charge in [-0.1, -0.05) is 78.9 Å². The van der Waals surface area contributed by atoms with E-state index in [1.54, 1.807) is 42.5 Å². The van der Waals surface area contributed by atoms with Gasteiger partial charge in [0.25, 0.3) is 0 Å². The minimum Gasteiger partial charge on any atom is -0.459 e. The van der Waals surface area contributed by atoms with Gasteiger partial charge in [0.2, 0.25) is 0 Å². The molecule has 2 unspecified atom stereocenters. The molecule has 246 valence electrons. The molecule has 45 heavy (non-hydrogen) atoms. The third-order valence-corrected chi connectivity index (χ3v) is 6.58. The van der Waals surface area contributed by atoms with Crippen LogP contribution in [-0.4, -0.2) is 83.1 Å². The molecule has 1 fully saturated rings. The van der Waals surface area contributed by atoms with Crippen molar-refractivity contribution < 1.29 is 63.9 Å². The van der Waals surface area contributed by atoms with Crippen molar-refractivity contribution in [2.24, 2.45) is 0 Å². The number of aliphatic hydroxyl groups is 1. The highest BCUT2D eigenvalue weighted by atomic mass is 32.2. The van der Waals surface area contributed by atoms with Crippen LogP contribution in [0.15, 0.2) is 91.0 Å². The first kappa shape index (κ1) is 39.0. The number of hydrogen-bond donors (Lipinski definition) is 1. The molecule has 0 amide bonds. The van der Waals surface area contributed by atoms with Crippen LogP contribution < -0.4 is 0 Å². The molecule has 1 aliphatic heterocycles. The van der Waals surface area contributed by atoms with Crippen LogP contribution in [0.4, 0.5) is 17.6 Å². The number of esters is 1. The lowest BCUT2D eigenvalue weighted by atomic mass is 10.0. The topological polar surface area (TPSA) is 142 Å². The fourth-order valence-electron chi connectivity index (χ4n) is 3.38. The van der Waals surface area contributed by atoms with Crippen LogP contribution >= 0.6 is 0 Å². The van der Waals surface area contributed by atoms with E-state index < -0.39 is 59.3 Å². The molecule has 0 aromatic heterocycles. The number of aliphatic hydroxyl groups excluding tert-OH is 1. The minimum atomic E-state index is -5.95. The van der Waals surface area contributed by atoms with E-state index in [0.29, 0.717) is 0 Å². The predicted octanol–water partition coefficient (Wildman–Crippen LogP) is 4.78. The van der Waals surface area contributed by atoms with Crippen molar-refractivity contribution >= 4 is 28.7 Å². The monoisotopic (exact) mass is 660 g/mol. The molecule has 1 N–H and O–H groups in total. The molecule has 0 saturated carbocycles. The van der Waals surface area contributed by atoms with Gasteiger partial charge in [0.15, 0.2) is 12.5 Å². The number of benzene rings is 3. The zero-order valence-electron chi connectivity index (χ0n) is 24.1.